The van der Waals surface area contributed by atoms with E-state index in [1.807, 2.05) is 0 Å². The minimum Gasteiger partial charge on any atom is -0.465 e. The molecule has 0 bridgehead atoms. The number of aryl methyl sites for hydroxylation is 1. The minimum atomic E-state index is -4.31. The van der Waals surface area contributed by atoms with Gasteiger partial charge in [0, 0.05) is 12.6 Å². The number of hydrogen-bond acceptors (Lipinski definition) is 2. The number of hydrogen-bond donors (Lipinski definition) is 2. The highest BCUT2D eigenvalue weighted by atomic mass is 19.4. The van der Waals surface area contributed by atoms with Gasteiger partial charge >= 0.3 is 12.3 Å². The van der Waals surface area contributed by atoms with Crippen LogP contribution in [0.25, 0.3) is 0 Å². The van der Waals surface area contributed by atoms with E-state index >= 15 is 0 Å². The Morgan fingerprint density at radius 1 is 1.43 bits per heavy atom. The van der Waals surface area contributed by atoms with E-state index in [1.165, 1.54) is 23.1 Å². The third kappa shape index (κ3) is 4.57. The molecule has 0 spiro atoms. The van der Waals surface area contributed by atoms with E-state index in [2.05, 4.69) is 5.32 Å². The quantitative estimate of drug-likeness (QED) is 0.832. The van der Waals surface area contributed by atoms with Crippen LogP contribution in [0.5, 0.6) is 0 Å². The molecule has 1 unspecified atom stereocenters. The molecule has 8 heteroatoms. The first kappa shape index (κ1) is 17.5. The van der Waals surface area contributed by atoms with E-state index in [9.17, 15) is 27.5 Å². The summed E-state index contributed by atoms with van der Waals surface area (Å²) in [6.07, 6.45) is -4.92. The number of rotatable bonds is 3. The fraction of sp³-hybridized carbons (Fsp3) is 0.533. The van der Waals surface area contributed by atoms with Crippen LogP contribution in [0.1, 0.15) is 30.0 Å². The van der Waals surface area contributed by atoms with Gasteiger partial charge in [-0.25, -0.2) is 9.18 Å². The highest BCUT2D eigenvalue weighted by Crippen LogP contribution is 2.33. The van der Waals surface area contributed by atoms with Gasteiger partial charge in [-0.05, 0) is 43.0 Å². The lowest BCUT2D eigenvalue weighted by Gasteiger charge is -2.39. The topological polar surface area (TPSA) is 52.6 Å². The smallest absolute Gasteiger partial charge is 0.407 e. The fourth-order valence-corrected chi connectivity index (χ4v) is 2.95. The SMILES string of the molecule is Cc1cc(F)ccc1[C@H]1CC(NCC(F)(F)F)CCN1C(=O)O. The van der Waals surface area contributed by atoms with E-state index in [-0.39, 0.29) is 13.0 Å². The van der Waals surface area contributed by atoms with Crippen LogP contribution in [0.3, 0.4) is 0 Å². The summed E-state index contributed by atoms with van der Waals surface area (Å²) < 4.78 is 50.2. The molecule has 1 aromatic carbocycles. The maximum atomic E-state index is 13.2. The summed E-state index contributed by atoms with van der Waals surface area (Å²) in [6.45, 7) is 0.678. The first-order chi connectivity index (χ1) is 10.7. The van der Waals surface area contributed by atoms with Gasteiger partial charge < -0.3 is 15.3 Å². The van der Waals surface area contributed by atoms with Crippen molar-refractivity contribution >= 4 is 6.09 Å². The van der Waals surface area contributed by atoms with Crippen molar-refractivity contribution in [3.05, 3.63) is 35.1 Å². The van der Waals surface area contributed by atoms with Gasteiger partial charge in [-0.15, -0.1) is 0 Å². The Kier molecular flexibility index (Phi) is 5.13. The zero-order valence-electron chi connectivity index (χ0n) is 12.5. The summed E-state index contributed by atoms with van der Waals surface area (Å²) in [6, 6.07) is 2.99. The van der Waals surface area contributed by atoms with E-state index < -0.39 is 36.7 Å². The number of carbonyl (C=O) groups is 1. The van der Waals surface area contributed by atoms with Crippen LogP contribution in [0.15, 0.2) is 18.2 Å². The molecule has 1 aliphatic heterocycles. The first-order valence-corrected chi connectivity index (χ1v) is 7.23. The van der Waals surface area contributed by atoms with Crippen LogP contribution in [-0.2, 0) is 0 Å². The Labute approximate surface area is 131 Å². The second-order valence-electron chi connectivity index (χ2n) is 5.71. The van der Waals surface area contributed by atoms with Gasteiger partial charge in [0.25, 0.3) is 0 Å². The Balaban J connectivity index is 2.18. The van der Waals surface area contributed by atoms with Crippen LogP contribution < -0.4 is 5.32 Å². The lowest BCUT2D eigenvalue weighted by molar-refractivity contribution is -0.127. The molecule has 2 N–H and O–H groups in total. The van der Waals surface area contributed by atoms with Crippen molar-refractivity contribution in [1.29, 1.82) is 0 Å². The maximum Gasteiger partial charge on any atom is 0.407 e. The summed E-state index contributed by atoms with van der Waals surface area (Å²) in [5, 5.41) is 11.7. The third-order valence-electron chi connectivity index (χ3n) is 4.03. The van der Waals surface area contributed by atoms with Gasteiger partial charge in [-0.1, -0.05) is 6.07 Å². The molecule has 1 aliphatic rings. The predicted molar refractivity (Wildman–Crippen MR) is 75.7 cm³/mol. The molecule has 1 heterocycles. The average Bonchev–Trinajstić information content (AvgIpc) is 2.44. The van der Waals surface area contributed by atoms with Crippen LogP contribution in [0.4, 0.5) is 22.4 Å². The summed E-state index contributed by atoms with van der Waals surface area (Å²) in [7, 11) is 0. The number of nitrogens with one attached hydrogen (secondary N) is 1. The summed E-state index contributed by atoms with van der Waals surface area (Å²) in [5.74, 6) is -0.435. The van der Waals surface area contributed by atoms with Crippen molar-refractivity contribution in [2.75, 3.05) is 13.1 Å². The number of carboxylic acid groups (broad SMARTS) is 1. The lowest BCUT2D eigenvalue weighted by atomic mass is 9.89. The van der Waals surface area contributed by atoms with Crippen molar-refractivity contribution in [2.24, 2.45) is 0 Å². The molecule has 23 heavy (non-hydrogen) atoms. The Bertz CT molecular complexity index is 577. The zero-order valence-corrected chi connectivity index (χ0v) is 12.5. The van der Waals surface area contributed by atoms with Gasteiger partial charge in [-0.2, -0.15) is 13.2 Å². The monoisotopic (exact) mass is 334 g/mol. The number of nitrogens with zero attached hydrogens (tertiary/aromatic N) is 1. The fourth-order valence-electron chi connectivity index (χ4n) is 2.95. The van der Waals surface area contributed by atoms with Crippen molar-refractivity contribution < 1.29 is 27.5 Å². The third-order valence-corrected chi connectivity index (χ3v) is 4.03. The Morgan fingerprint density at radius 3 is 2.70 bits per heavy atom. The van der Waals surface area contributed by atoms with Crippen LogP contribution in [-0.4, -0.2) is 41.4 Å². The molecule has 0 aromatic heterocycles. The zero-order chi connectivity index (χ0) is 17.2. The summed E-state index contributed by atoms with van der Waals surface area (Å²) >= 11 is 0. The van der Waals surface area contributed by atoms with Crippen molar-refractivity contribution in [3.63, 3.8) is 0 Å². The molecular weight excluding hydrogens is 316 g/mol. The Morgan fingerprint density at radius 2 is 2.13 bits per heavy atom. The minimum absolute atomic E-state index is 0.131. The van der Waals surface area contributed by atoms with Crippen molar-refractivity contribution in [1.82, 2.24) is 10.2 Å². The lowest BCUT2D eigenvalue weighted by Crippen LogP contribution is -2.48. The van der Waals surface area contributed by atoms with Crippen LogP contribution >= 0.6 is 0 Å². The predicted octanol–water partition coefficient (Wildman–Crippen LogP) is 3.47. The average molecular weight is 334 g/mol. The van der Waals surface area contributed by atoms with Crippen molar-refractivity contribution in [3.8, 4) is 0 Å². The molecular formula is C15H18F4N2O2. The standard InChI is InChI=1S/C15H18F4N2O2/c1-9-6-10(16)2-3-12(9)13-7-11(20-8-15(17,18)19)4-5-21(13)14(22)23/h2-3,6,11,13,20H,4-5,7-8H2,1H3,(H,22,23)/t11?,13-/m1/s1. The molecule has 2 rings (SSSR count). The largest absolute Gasteiger partial charge is 0.465 e. The van der Waals surface area contributed by atoms with Gasteiger partial charge in [0.1, 0.15) is 5.82 Å². The number of likely N-dealkylation sites (tertiary alicyclic amines) is 1. The summed E-state index contributed by atoms with van der Waals surface area (Å²) in [4.78, 5) is 12.6. The van der Waals surface area contributed by atoms with E-state index in [0.717, 1.165) is 0 Å². The number of alkyl halides is 3. The number of amides is 1. The molecule has 1 fully saturated rings. The second-order valence-corrected chi connectivity index (χ2v) is 5.71. The molecule has 0 aliphatic carbocycles. The number of halogens is 4. The van der Waals surface area contributed by atoms with E-state index in [4.69, 9.17) is 0 Å². The molecule has 4 nitrogen and oxygen atoms in total. The second kappa shape index (κ2) is 6.74. The normalized spacial score (nSPS) is 22.2. The van der Waals surface area contributed by atoms with E-state index in [0.29, 0.717) is 17.5 Å². The molecule has 0 radical (unpaired) electrons. The van der Waals surface area contributed by atoms with Gasteiger partial charge in [0.2, 0.25) is 0 Å². The molecule has 128 valence electrons. The van der Waals surface area contributed by atoms with Crippen LogP contribution in [0, 0.1) is 12.7 Å². The van der Waals surface area contributed by atoms with Gasteiger partial charge in [-0.3, -0.25) is 0 Å². The molecule has 2 atom stereocenters. The highest BCUT2D eigenvalue weighted by Gasteiger charge is 2.35. The molecule has 1 aromatic rings. The molecule has 1 saturated heterocycles. The Hall–Kier alpha value is -1.83. The summed E-state index contributed by atoms with van der Waals surface area (Å²) in [5.41, 5.74) is 1.20. The molecule has 0 saturated carbocycles. The first-order valence-electron chi connectivity index (χ1n) is 7.23. The number of benzene rings is 1. The van der Waals surface area contributed by atoms with Gasteiger partial charge in [0.05, 0.1) is 12.6 Å². The highest BCUT2D eigenvalue weighted by molar-refractivity contribution is 5.66. The number of piperidine rings is 1. The van der Waals surface area contributed by atoms with Crippen molar-refractivity contribution in [2.45, 2.75) is 38.0 Å². The van der Waals surface area contributed by atoms with Crippen LogP contribution in [0.2, 0.25) is 0 Å². The maximum absolute atomic E-state index is 13.2. The van der Waals surface area contributed by atoms with Gasteiger partial charge in [0.15, 0.2) is 0 Å². The van der Waals surface area contributed by atoms with E-state index in [1.54, 1.807) is 6.92 Å². The molecule has 1 amide bonds.